The number of hydrogen-bond acceptors (Lipinski definition) is 3. The lowest BCUT2D eigenvalue weighted by molar-refractivity contribution is -0.132. The highest BCUT2D eigenvalue weighted by molar-refractivity contribution is 5.81. The van der Waals surface area contributed by atoms with Gasteiger partial charge in [-0.25, -0.2) is 0 Å². The third-order valence-electron chi connectivity index (χ3n) is 4.07. The van der Waals surface area contributed by atoms with Gasteiger partial charge in [-0.05, 0) is 31.6 Å². The molecule has 4 nitrogen and oxygen atoms in total. The maximum absolute atomic E-state index is 12.0. The van der Waals surface area contributed by atoms with Crippen LogP contribution in [0.5, 0.6) is 0 Å². The highest BCUT2D eigenvalue weighted by Gasteiger charge is 2.38. The summed E-state index contributed by atoms with van der Waals surface area (Å²) in [6.07, 6.45) is 2.37. The van der Waals surface area contributed by atoms with E-state index in [9.17, 15) is 4.79 Å². The normalized spacial score (nSPS) is 29.1. The number of hydrogen-bond donors (Lipinski definition) is 1. The van der Waals surface area contributed by atoms with E-state index in [2.05, 4.69) is 31.0 Å². The average molecular weight is 240 g/mol. The molecule has 4 heteroatoms. The maximum Gasteiger partial charge on any atom is 0.238 e. The summed E-state index contributed by atoms with van der Waals surface area (Å²) in [6, 6.07) is 0.328. The van der Waals surface area contributed by atoms with Crippen LogP contribution in [0.4, 0.5) is 0 Å². The topological polar surface area (TPSA) is 41.6 Å². The van der Waals surface area contributed by atoms with Gasteiger partial charge in [-0.15, -0.1) is 0 Å². The highest BCUT2D eigenvalue weighted by Crippen LogP contribution is 2.27. The van der Waals surface area contributed by atoms with Gasteiger partial charge in [-0.2, -0.15) is 0 Å². The molecule has 2 heterocycles. The zero-order chi connectivity index (χ0) is 12.4. The number of carbonyl (C=O) groups excluding carboxylic acids is 1. The van der Waals surface area contributed by atoms with Gasteiger partial charge in [0, 0.05) is 19.3 Å². The minimum atomic E-state index is 0.209. The molecule has 1 amide bonds. The Morgan fingerprint density at radius 1 is 1.29 bits per heavy atom. The van der Waals surface area contributed by atoms with Gasteiger partial charge < -0.3 is 9.64 Å². The van der Waals surface area contributed by atoms with E-state index >= 15 is 0 Å². The quantitative estimate of drug-likeness (QED) is 0.806. The summed E-state index contributed by atoms with van der Waals surface area (Å²) < 4.78 is 5.39. The van der Waals surface area contributed by atoms with Crippen molar-refractivity contribution in [1.82, 2.24) is 10.2 Å². The Kier molecular flexibility index (Phi) is 4.05. The Bertz CT molecular complexity index is 275. The Morgan fingerprint density at radius 2 is 1.94 bits per heavy atom. The van der Waals surface area contributed by atoms with Gasteiger partial charge in [-0.3, -0.25) is 10.1 Å². The number of nitrogens with zero attached hydrogens (tertiary/aromatic N) is 1. The van der Waals surface area contributed by atoms with Crippen LogP contribution in [0.1, 0.15) is 33.6 Å². The van der Waals surface area contributed by atoms with E-state index in [-0.39, 0.29) is 12.1 Å². The minimum Gasteiger partial charge on any atom is -0.381 e. The molecule has 0 bridgehead atoms. The summed E-state index contributed by atoms with van der Waals surface area (Å²) in [5, 5.41) is 3.32. The zero-order valence-electron chi connectivity index (χ0n) is 11.1. The smallest absolute Gasteiger partial charge is 0.238 e. The standard InChI is InChI=1S/C13H24N2O2/c1-9(2)13-14-8-12(16)15(13)10(3)11-4-6-17-7-5-11/h9-11,13-14H,4-8H2,1-3H3. The van der Waals surface area contributed by atoms with Crippen molar-refractivity contribution in [3.8, 4) is 0 Å². The minimum absolute atomic E-state index is 0.209. The molecule has 0 aromatic carbocycles. The lowest BCUT2D eigenvalue weighted by Gasteiger charge is -2.38. The van der Waals surface area contributed by atoms with Crippen molar-refractivity contribution < 1.29 is 9.53 Å². The van der Waals surface area contributed by atoms with Crippen LogP contribution in [-0.2, 0) is 9.53 Å². The van der Waals surface area contributed by atoms with Gasteiger partial charge >= 0.3 is 0 Å². The lowest BCUT2D eigenvalue weighted by Crippen LogP contribution is -2.49. The van der Waals surface area contributed by atoms with Gasteiger partial charge in [0.05, 0.1) is 12.7 Å². The molecule has 0 aliphatic carbocycles. The van der Waals surface area contributed by atoms with Crippen molar-refractivity contribution in [2.24, 2.45) is 11.8 Å². The third kappa shape index (κ3) is 2.63. The molecule has 2 aliphatic rings. The second kappa shape index (κ2) is 5.36. The van der Waals surface area contributed by atoms with Crippen LogP contribution in [0.3, 0.4) is 0 Å². The fourth-order valence-corrected chi connectivity index (χ4v) is 3.00. The molecule has 98 valence electrons. The van der Waals surface area contributed by atoms with E-state index in [1.807, 2.05) is 0 Å². The molecule has 0 radical (unpaired) electrons. The monoisotopic (exact) mass is 240 g/mol. The van der Waals surface area contributed by atoms with Crippen molar-refractivity contribution in [1.29, 1.82) is 0 Å². The highest BCUT2D eigenvalue weighted by atomic mass is 16.5. The Labute approximate surface area is 104 Å². The molecule has 2 unspecified atom stereocenters. The molecule has 0 aromatic rings. The molecular formula is C13H24N2O2. The number of rotatable bonds is 3. The second-order valence-corrected chi connectivity index (χ2v) is 5.56. The molecule has 2 aliphatic heterocycles. The summed E-state index contributed by atoms with van der Waals surface area (Å²) >= 11 is 0. The first-order chi connectivity index (χ1) is 8.11. The van der Waals surface area contributed by atoms with E-state index < -0.39 is 0 Å². The van der Waals surface area contributed by atoms with Crippen molar-refractivity contribution in [2.45, 2.75) is 45.8 Å². The molecule has 2 atom stereocenters. The Hall–Kier alpha value is -0.610. The van der Waals surface area contributed by atoms with Crippen LogP contribution in [0.25, 0.3) is 0 Å². The predicted molar refractivity (Wildman–Crippen MR) is 66.5 cm³/mol. The van der Waals surface area contributed by atoms with E-state index in [1.54, 1.807) is 0 Å². The molecule has 0 aromatic heterocycles. The summed E-state index contributed by atoms with van der Waals surface area (Å²) in [4.78, 5) is 14.1. The molecular weight excluding hydrogens is 216 g/mol. The van der Waals surface area contributed by atoms with Crippen LogP contribution in [0, 0.1) is 11.8 Å². The van der Waals surface area contributed by atoms with Gasteiger partial charge in [0.2, 0.25) is 5.91 Å². The fraction of sp³-hybridized carbons (Fsp3) is 0.923. The van der Waals surface area contributed by atoms with Crippen LogP contribution in [0.15, 0.2) is 0 Å². The molecule has 0 saturated carbocycles. The van der Waals surface area contributed by atoms with Crippen molar-refractivity contribution in [3.05, 3.63) is 0 Å². The van der Waals surface area contributed by atoms with Gasteiger partial charge in [-0.1, -0.05) is 13.8 Å². The molecule has 2 fully saturated rings. The van der Waals surface area contributed by atoms with E-state index in [1.165, 1.54) is 0 Å². The van der Waals surface area contributed by atoms with Crippen molar-refractivity contribution in [3.63, 3.8) is 0 Å². The number of ether oxygens (including phenoxy) is 1. The number of carbonyl (C=O) groups is 1. The number of nitrogens with one attached hydrogen (secondary N) is 1. The first-order valence-corrected chi connectivity index (χ1v) is 6.73. The predicted octanol–water partition coefficient (Wildman–Crippen LogP) is 1.22. The largest absolute Gasteiger partial charge is 0.381 e. The summed E-state index contributed by atoms with van der Waals surface area (Å²) in [7, 11) is 0. The summed E-state index contributed by atoms with van der Waals surface area (Å²) in [5.41, 5.74) is 0. The summed E-state index contributed by atoms with van der Waals surface area (Å²) in [5.74, 6) is 1.31. The maximum atomic E-state index is 12.0. The van der Waals surface area contributed by atoms with Crippen molar-refractivity contribution in [2.75, 3.05) is 19.8 Å². The SMILES string of the molecule is CC(C)C1NCC(=O)N1C(C)C1CCOCC1. The second-order valence-electron chi connectivity index (χ2n) is 5.56. The van der Waals surface area contributed by atoms with E-state index in [4.69, 9.17) is 4.74 Å². The van der Waals surface area contributed by atoms with Crippen LogP contribution in [-0.4, -0.2) is 42.8 Å². The molecule has 2 rings (SSSR count). The third-order valence-corrected chi connectivity index (χ3v) is 4.07. The van der Waals surface area contributed by atoms with E-state index in [0.29, 0.717) is 24.4 Å². The molecule has 0 spiro atoms. The van der Waals surface area contributed by atoms with Gasteiger partial charge in [0.15, 0.2) is 0 Å². The van der Waals surface area contributed by atoms with Crippen LogP contribution < -0.4 is 5.32 Å². The van der Waals surface area contributed by atoms with Crippen LogP contribution in [0.2, 0.25) is 0 Å². The van der Waals surface area contributed by atoms with Crippen LogP contribution >= 0.6 is 0 Å². The average Bonchev–Trinajstić information content (AvgIpc) is 2.71. The lowest BCUT2D eigenvalue weighted by atomic mass is 9.91. The first-order valence-electron chi connectivity index (χ1n) is 6.73. The zero-order valence-corrected chi connectivity index (χ0v) is 11.1. The molecule has 1 N–H and O–H groups in total. The van der Waals surface area contributed by atoms with E-state index in [0.717, 1.165) is 26.1 Å². The summed E-state index contributed by atoms with van der Waals surface area (Å²) in [6.45, 7) is 8.71. The molecule has 17 heavy (non-hydrogen) atoms. The first kappa shape index (κ1) is 12.8. The Morgan fingerprint density at radius 3 is 2.53 bits per heavy atom. The van der Waals surface area contributed by atoms with Gasteiger partial charge in [0.25, 0.3) is 0 Å². The van der Waals surface area contributed by atoms with Gasteiger partial charge in [0.1, 0.15) is 0 Å². The number of amides is 1. The van der Waals surface area contributed by atoms with Crippen molar-refractivity contribution >= 4 is 5.91 Å². The molecule has 2 saturated heterocycles. The Balaban J connectivity index is 2.04. The fourth-order valence-electron chi connectivity index (χ4n) is 3.00.